The molecule has 1 aromatic carbocycles. The second-order valence-electron chi connectivity index (χ2n) is 5.04. The average molecular weight is 441 g/mol. The highest BCUT2D eigenvalue weighted by Gasteiger charge is 2.22. The predicted octanol–water partition coefficient (Wildman–Crippen LogP) is 2.10. The van der Waals surface area contributed by atoms with Crippen molar-refractivity contribution in [1.82, 2.24) is 10.2 Å². The van der Waals surface area contributed by atoms with Crippen molar-refractivity contribution in [3.8, 4) is 0 Å². The molecule has 0 fully saturated rings. The largest absolute Gasteiger partial charge is 0.387 e. The fourth-order valence-corrected chi connectivity index (χ4v) is 2.72. The standard InChI is InChI=1S/C13H18BrIN2O2/c1-13(19,8-17(2)3)7-16-12(18)10-6-9(14)4-5-11(10)15/h4-6,19H,7-8H2,1-3H3,(H,16,18). The Morgan fingerprint density at radius 2 is 2.16 bits per heavy atom. The first-order valence-electron chi connectivity index (χ1n) is 5.82. The van der Waals surface area contributed by atoms with Gasteiger partial charge in [0.25, 0.3) is 5.91 Å². The Hall–Kier alpha value is -0.180. The quantitative estimate of drug-likeness (QED) is 0.689. The molecule has 0 aliphatic carbocycles. The molecule has 6 heteroatoms. The van der Waals surface area contributed by atoms with E-state index < -0.39 is 5.60 Å². The van der Waals surface area contributed by atoms with Crippen molar-refractivity contribution in [1.29, 1.82) is 0 Å². The van der Waals surface area contributed by atoms with Crippen LogP contribution in [0.2, 0.25) is 0 Å². The van der Waals surface area contributed by atoms with Crippen molar-refractivity contribution in [2.24, 2.45) is 0 Å². The van der Waals surface area contributed by atoms with Crippen LogP contribution in [-0.2, 0) is 0 Å². The summed E-state index contributed by atoms with van der Waals surface area (Å²) in [4.78, 5) is 14.0. The molecule has 106 valence electrons. The summed E-state index contributed by atoms with van der Waals surface area (Å²) in [5, 5.41) is 12.9. The summed E-state index contributed by atoms with van der Waals surface area (Å²) in [5.41, 5.74) is -0.341. The minimum atomic E-state index is -0.948. The van der Waals surface area contributed by atoms with E-state index in [1.807, 2.05) is 31.1 Å². The number of hydrogen-bond donors (Lipinski definition) is 2. The van der Waals surface area contributed by atoms with Gasteiger partial charge in [-0.05, 0) is 61.8 Å². The maximum absolute atomic E-state index is 12.1. The van der Waals surface area contributed by atoms with Crippen LogP contribution < -0.4 is 5.32 Å². The topological polar surface area (TPSA) is 52.6 Å². The third-order valence-electron chi connectivity index (χ3n) is 2.46. The number of rotatable bonds is 5. The molecule has 0 saturated carbocycles. The van der Waals surface area contributed by atoms with Crippen LogP contribution in [0.4, 0.5) is 0 Å². The lowest BCUT2D eigenvalue weighted by molar-refractivity contribution is 0.0326. The molecule has 1 amide bonds. The van der Waals surface area contributed by atoms with E-state index in [2.05, 4.69) is 43.8 Å². The van der Waals surface area contributed by atoms with E-state index in [4.69, 9.17) is 0 Å². The van der Waals surface area contributed by atoms with E-state index in [1.54, 1.807) is 13.0 Å². The van der Waals surface area contributed by atoms with Crippen LogP contribution in [0.25, 0.3) is 0 Å². The third kappa shape index (κ3) is 5.76. The van der Waals surface area contributed by atoms with E-state index in [0.29, 0.717) is 12.1 Å². The minimum Gasteiger partial charge on any atom is -0.387 e. The number of likely N-dealkylation sites (N-methyl/N-ethyl adjacent to an activating group) is 1. The molecule has 0 heterocycles. The first-order valence-corrected chi connectivity index (χ1v) is 7.69. The molecule has 0 aliphatic heterocycles. The van der Waals surface area contributed by atoms with Crippen LogP contribution in [0.15, 0.2) is 22.7 Å². The fourth-order valence-electron chi connectivity index (χ4n) is 1.77. The zero-order chi connectivity index (χ0) is 14.6. The van der Waals surface area contributed by atoms with E-state index in [-0.39, 0.29) is 12.5 Å². The van der Waals surface area contributed by atoms with Crippen LogP contribution in [0.3, 0.4) is 0 Å². The molecule has 0 aliphatic rings. The summed E-state index contributed by atoms with van der Waals surface area (Å²) in [6.07, 6.45) is 0. The number of halogens is 2. The van der Waals surface area contributed by atoms with E-state index in [0.717, 1.165) is 8.04 Å². The highest BCUT2D eigenvalue weighted by molar-refractivity contribution is 14.1. The predicted molar refractivity (Wildman–Crippen MR) is 88.4 cm³/mol. The molecule has 1 unspecified atom stereocenters. The van der Waals surface area contributed by atoms with Gasteiger partial charge in [-0.1, -0.05) is 15.9 Å². The SMILES string of the molecule is CN(C)CC(C)(O)CNC(=O)c1cc(Br)ccc1I. The van der Waals surface area contributed by atoms with Gasteiger partial charge < -0.3 is 15.3 Å². The van der Waals surface area contributed by atoms with Crippen molar-refractivity contribution >= 4 is 44.4 Å². The van der Waals surface area contributed by atoms with Gasteiger partial charge in [-0.25, -0.2) is 0 Å². The third-order valence-corrected chi connectivity index (χ3v) is 3.89. The number of nitrogens with one attached hydrogen (secondary N) is 1. The molecular weight excluding hydrogens is 423 g/mol. The van der Waals surface area contributed by atoms with Gasteiger partial charge in [0.1, 0.15) is 0 Å². The summed E-state index contributed by atoms with van der Waals surface area (Å²) < 4.78 is 1.74. The summed E-state index contributed by atoms with van der Waals surface area (Å²) in [7, 11) is 3.76. The molecule has 0 bridgehead atoms. The summed E-state index contributed by atoms with van der Waals surface area (Å²) >= 11 is 5.47. The molecule has 2 N–H and O–H groups in total. The van der Waals surface area contributed by atoms with Crippen LogP contribution in [-0.4, -0.2) is 48.7 Å². The van der Waals surface area contributed by atoms with Crippen LogP contribution in [0.1, 0.15) is 17.3 Å². The Balaban J connectivity index is 2.68. The summed E-state index contributed by atoms with van der Waals surface area (Å²) in [5.74, 6) is -0.176. The molecule has 19 heavy (non-hydrogen) atoms. The monoisotopic (exact) mass is 440 g/mol. The molecule has 0 radical (unpaired) electrons. The highest BCUT2D eigenvalue weighted by atomic mass is 127. The highest BCUT2D eigenvalue weighted by Crippen LogP contribution is 2.18. The number of nitrogens with zero attached hydrogens (tertiary/aromatic N) is 1. The van der Waals surface area contributed by atoms with Gasteiger partial charge in [-0.15, -0.1) is 0 Å². The molecular formula is C13H18BrIN2O2. The number of hydrogen-bond acceptors (Lipinski definition) is 3. The zero-order valence-corrected chi connectivity index (χ0v) is 14.9. The van der Waals surface area contributed by atoms with Gasteiger partial charge >= 0.3 is 0 Å². The second kappa shape index (κ2) is 7.01. The van der Waals surface area contributed by atoms with Gasteiger partial charge in [-0.2, -0.15) is 0 Å². The van der Waals surface area contributed by atoms with Gasteiger partial charge in [-0.3, -0.25) is 4.79 Å². The minimum absolute atomic E-state index is 0.176. The van der Waals surface area contributed by atoms with Gasteiger partial charge in [0.2, 0.25) is 0 Å². The molecule has 1 aromatic rings. The average Bonchev–Trinajstić information content (AvgIpc) is 2.27. The van der Waals surface area contributed by atoms with Crippen molar-refractivity contribution in [2.75, 3.05) is 27.2 Å². The van der Waals surface area contributed by atoms with E-state index >= 15 is 0 Å². The Labute approximate surface area is 135 Å². The van der Waals surface area contributed by atoms with Crippen molar-refractivity contribution in [3.63, 3.8) is 0 Å². The number of carbonyl (C=O) groups excluding carboxylic acids is 1. The van der Waals surface area contributed by atoms with Crippen LogP contribution >= 0.6 is 38.5 Å². The van der Waals surface area contributed by atoms with Gasteiger partial charge in [0.05, 0.1) is 11.2 Å². The lowest BCUT2D eigenvalue weighted by atomic mass is 10.1. The Kier molecular flexibility index (Phi) is 6.22. The molecule has 1 rings (SSSR count). The van der Waals surface area contributed by atoms with Crippen molar-refractivity contribution in [3.05, 3.63) is 31.8 Å². The molecule has 0 aromatic heterocycles. The molecule has 1 atom stereocenters. The molecule has 0 saturated heterocycles. The van der Waals surface area contributed by atoms with Crippen molar-refractivity contribution in [2.45, 2.75) is 12.5 Å². The summed E-state index contributed by atoms with van der Waals surface area (Å²) in [6.45, 7) is 2.41. The van der Waals surface area contributed by atoms with Crippen LogP contribution in [0, 0.1) is 3.57 Å². The first-order chi connectivity index (χ1) is 8.71. The normalized spacial score (nSPS) is 14.3. The zero-order valence-electron chi connectivity index (χ0n) is 11.2. The van der Waals surface area contributed by atoms with Crippen molar-refractivity contribution < 1.29 is 9.90 Å². The lowest BCUT2D eigenvalue weighted by Crippen LogP contribution is -2.47. The molecule has 4 nitrogen and oxygen atoms in total. The maximum atomic E-state index is 12.1. The summed E-state index contributed by atoms with van der Waals surface area (Å²) in [6, 6.07) is 5.54. The first kappa shape index (κ1) is 16.9. The Bertz CT molecular complexity index is 464. The van der Waals surface area contributed by atoms with E-state index in [1.165, 1.54) is 0 Å². The van der Waals surface area contributed by atoms with E-state index in [9.17, 15) is 9.90 Å². The Morgan fingerprint density at radius 3 is 2.74 bits per heavy atom. The maximum Gasteiger partial charge on any atom is 0.252 e. The number of carbonyl (C=O) groups is 1. The molecule has 0 spiro atoms. The van der Waals surface area contributed by atoms with Gasteiger partial charge in [0.15, 0.2) is 0 Å². The fraction of sp³-hybridized carbons (Fsp3) is 0.462. The van der Waals surface area contributed by atoms with Crippen LogP contribution in [0.5, 0.6) is 0 Å². The number of aliphatic hydroxyl groups is 1. The smallest absolute Gasteiger partial charge is 0.252 e. The second-order valence-corrected chi connectivity index (χ2v) is 7.12. The Morgan fingerprint density at radius 1 is 1.53 bits per heavy atom. The number of amides is 1. The lowest BCUT2D eigenvalue weighted by Gasteiger charge is -2.27. The van der Waals surface area contributed by atoms with Gasteiger partial charge in [0, 0.05) is 21.1 Å². The number of benzene rings is 1.